The molecule has 0 aliphatic rings. The number of aliphatic hydroxyl groups excluding tert-OH is 1. The van der Waals surface area contributed by atoms with Gasteiger partial charge in [0.1, 0.15) is 6.10 Å². The molecule has 1 unspecified atom stereocenters. The minimum atomic E-state index is -0.524. The van der Waals surface area contributed by atoms with E-state index >= 15 is 0 Å². The van der Waals surface area contributed by atoms with E-state index in [2.05, 4.69) is 5.32 Å². The van der Waals surface area contributed by atoms with Crippen LogP contribution in [0.3, 0.4) is 0 Å². The lowest BCUT2D eigenvalue weighted by Crippen LogP contribution is -2.41. The van der Waals surface area contributed by atoms with Gasteiger partial charge in [0.2, 0.25) is 0 Å². The number of nitrogens with zero attached hydrogens (tertiary/aromatic N) is 1. The highest BCUT2D eigenvalue weighted by molar-refractivity contribution is 5.68. The number of likely N-dealkylation sites (N-methyl/N-ethyl adjacent to an activating group) is 1. The van der Waals surface area contributed by atoms with Crippen LogP contribution in [0, 0.1) is 0 Å². The first-order chi connectivity index (χ1) is 10.1. The van der Waals surface area contributed by atoms with Gasteiger partial charge in [-0.3, -0.25) is 0 Å². The first-order valence-corrected chi connectivity index (χ1v) is 7.50. The molecular weight excluding hydrogens is 280 g/mol. The molecule has 0 aromatic heterocycles. The number of ether oxygens (including phenoxy) is 1. The van der Waals surface area contributed by atoms with Crippen LogP contribution in [0.25, 0.3) is 0 Å². The summed E-state index contributed by atoms with van der Waals surface area (Å²) >= 11 is 0. The Kier molecular flexibility index (Phi) is 6.38. The van der Waals surface area contributed by atoms with Gasteiger partial charge < -0.3 is 20.1 Å². The molecule has 2 N–H and O–H groups in total. The highest BCUT2D eigenvalue weighted by Gasteiger charge is 2.18. The SMILES string of the molecule is C[C@H](OC(=O)NC(C)(C)C)c1ccc(C(O)CN(C)C)cc1. The van der Waals surface area contributed by atoms with Crippen LogP contribution in [0.1, 0.15) is 51.0 Å². The summed E-state index contributed by atoms with van der Waals surface area (Å²) in [4.78, 5) is 13.7. The number of benzene rings is 1. The molecule has 0 aliphatic heterocycles. The number of nitrogens with one attached hydrogen (secondary N) is 1. The van der Waals surface area contributed by atoms with Gasteiger partial charge in [0.25, 0.3) is 0 Å². The predicted octanol–water partition coefficient (Wildman–Crippen LogP) is 2.87. The van der Waals surface area contributed by atoms with Crippen molar-refractivity contribution in [2.75, 3.05) is 20.6 Å². The van der Waals surface area contributed by atoms with Crippen LogP contribution in [0.2, 0.25) is 0 Å². The van der Waals surface area contributed by atoms with Crippen molar-refractivity contribution in [3.63, 3.8) is 0 Å². The van der Waals surface area contributed by atoms with Gasteiger partial charge in [-0.05, 0) is 52.9 Å². The van der Waals surface area contributed by atoms with Crippen LogP contribution in [-0.2, 0) is 4.74 Å². The zero-order chi connectivity index (χ0) is 16.9. The second kappa shape index (κ2) is 7.61. The zero-order valence-corrected chi connectivity index (χ0v) is 14.4. The van der Waals surface area contributed by atoms with Gasteiger partial charge in [0, 0.05) is 12.1 Å². The average Bonchev–Trinajstić information content (AvgIpc) is 2.35. The summed E-state index contributed by atoms with van der Waals surface area (Å²) in [6.07, 6.45) is -1.30. The number of alkyl carbamates (subject to hydrolysis) is 1. The van der Waals surface area contributed by atoms with Gasteiger partial charge in [-0.15, -0.1) is 0 Å². The summed E-state index contributed by atoms with van der Waals surface area (Å²) in [6.45, 7) is 8.10. The maximum absolute atomic E-state index is 11.8. The van der Waals surface area contributed by atoms with E-state index in [4.69, 9.17) is 4.74 Å². The Labute approximate surface area is 133 Å². The van der Waals surface area contributed by atoms with Crippen LogP contribution >= 0.6 is 0 Å². The Morgan fingerprint density at radius 2 is 1.73 bits per heavy atom. The smallest absolute Gasteiger partial charge is 0.408 e. The summed E-state index contributed by atoms with van der Waals surface area (Å²) < 4.78 is 5.36. The second-order valence-electron chi connectivity index (χ2n) is 6.87. The summed E-state index contributed by atoms with van der Waals surface area (Å²) in [5.41, 5.74) is 1.42. The van der Waals surface area contributed by atoms with Gasteiger partial charge in [-0.1, -0.05) is 24.3 Å². The molecule has 0 bridgehead atoms. The number of hydrogen-bond acceptors (Lipinski definition) is 4. The van der Waals surface area contributed by atoms with Crippen molar-refractivity contribution in [2.24, 2.45) is 0 Å². The standard InChI is InChI=1S/C17H28N2O3/c1-12(22-16(21)18-17(2,3)4)13-7-9-14(10-8-13)15(20)11-19(5)6/h7-10,12,15,20H,11H2,1-6H3,(H,18,21)/t12-,15?/m0/s1. The van der Waals surface area contributed by atoms with E-state index < -0.39 is 12.2 Å². The number of carbonyl (C=O) groups excluding carboxylic acids is 1. The molecule has 0 saturated heterocycles. The van der Waals surface area contributed by atoms with E-state index in [1.54, 1.807) is 0 Å². The monoisotopic (exact) mass is 308 g/mol. The highest BCUT2D eigenvalue weighted by Crippen LogP contribution is 2.21. The fourth-order valence-electron chi connectivity index (χ4n) is 2.00. The van der Waals surface area contributed by atoms with E-state index in [9.17, 15) is 9.90 Å². The first kappa shape index (κ1) is 18.5. The van der Waals surface area contributed by atoms with Crippen molar-refractivity contribution in [1.82, 2.24) is 10.2 Å². The van der Waals surface area contributed by atoms with Crippen molar-refractivity contribution in [3.8, 4) is 0 Å². The second-order valence-corrected chi connectivity index (χ2v) is 6.87. The van der Waals surface area contributed by atoms with Crippen LogP contribution in [0.15, 0.2) is 24.3 Å². The van der Waals surface area contributed by atoms with Crippen molar-refractivity contribution < 1.29 is 14.6 Å². The van der Waals surface area contributed by atoms with Gasteiger partial charge >= 0.3 is 6.09 Å². The third-order valence-corrected chi connectivity index (χ3v) is 3.09. The quantitative estimate of drug-likeness (QED) is 0.878. The molecule has 2 atom stereocenters. The summed E-state index contributed by atoms with van der Waals surface area (Å²) in [7, 11) is 3.84. The van der Waals surface area contributed by atoms with Crippen LogP contribution in [0.5, 0.6) is 0 Å². The van der Waals surface area contributed by atoms with Crippen LogP contribution in [-0.4, -0.2) is 42.3 Å². The fourth-order valence-corrected chi connectivity index (χ4v) is 2.00. The van der Waals surface area contributed by atoms with E-state index in [-0.39, 0.29) is 11.6 Å². The molecule has 1 rings (SSSR count). The van der Waals surface area contributed by atoms with Crippen molar-refractivity contribution in [3.05, 3.63) is 35.4 Å². The van der Waals surface area contributed by atoms with Gasteiger partial charge in [0.15, 0.2) is 0 Å². The average molecular weight is 308 g/mol. The molecule has 22 heavy (non-hydrogen) atoms. The molecule has 0 heterocycles. The molecule has 124 valence electrons. The molecule has 0 aliphatic carbocycles. The lowest BCUT2D eigenvalue weighted by atomic mass is 10.0. The van der Waals surface area contributed by atoms with Crippen molar-refractivity contribution in [1.29, 1.82) is 0 Å². The van der Waals surface area contributed by atoms with Gasteiger partial charge in [-0.25, -0.2) is 4.79 Å². The van der Waals surface area contributed by atoms with E-state index in [1.165, 1.54) is 0 Å². The summed E-state index contributed by atoms with van der Waals surface area (Å²) in [5, 5.41) is 12.8. The Balaban J connectivity index is 2.64. The predicted molar refractivity (Wildman–Crippen MR) is 87.7 cm³/mol. The normalized spacial score (nSPS) is 14.5. The van der Waals surface area contributed by atoms with E-state index in [0.29, 0.717) is 6.54 Å². The number of carbonyl (C=O) groups is 1. The highest BCUT2D eigenvalue weighted by atomic mass is 16.6. The Bertz CT molecular complexity index is 478. The molecule has 1 aromatic carbocycles. The molecule has 0 radical (unpaired) electrons. The molecule has 0 fully saturated rings. The zero-order valence-electron chi connectivity index (χ0n) is 14.4. The van der Waals surface area contributed by atoms with E-state index in [0.717, 1.165) is 11.1 Å². The number of aliphatic hydroxyl groups is 1. The van der Waals surface area contributed by atoms with Gasteiger partial charge in [0.05, 0.1) is 6.10 Å². The number of hydrogen-bond donors (Lipinski definition) is 2. The minimum Gasteiger partial charge on any atom is -0.442 e. The Morgan fingerprint density at radius 3 is 2.18 bits per heavy atom. The molecule has 0 spiro atoms. The fraction of sp³-hybridized carbons (Fsp3) is 0.588. The number of rotatable bonds is 5. The molecule has 5 heteroatoms. The van der Waals surface area contributed by atoms with Crippen molar-refractivity contribution in [2.45, 2.75) is 45.4 Å². The Morgan fingerprint density at radius 1 is 1.23 bits per heavy atom. The lowest BCUT2D eigenvalue weighted by Gasteiger charge is -2.22. The third-order valence-electron chi connectivity index (χ3n) is 3.09. The number of amides is 1. The summed E-state index contributed by atoms with van der Waals surface area (Å²) in [6, 6.07) is 7.49. The third kappa shape index (κ3) is 6.45. The van der Waals surface area contributed by atoms with Gasteiger partial charge in [-0.2, -0.15) is 0 Å². The maximum Gasteiger partial charge on any atom is 0.408 e. The maximum atomic E-state index is 11.8. The topological polar surface area (TPSA) is 61.8 Å². The molecular formula is C17H28N2O3. The summed E-state index contributed by atoms with van der Waals surface area (Å²) in [5.74, 6) is 0. The lowest BCUT2D eigenvalue weighted by molar-refractivity contribution is 0.0998. The molecule has 1 amide bonds. The van der Waals surface area contributed by atoms with E-state index in [1.807, 2.05) is 71.0 Å². The van der Waals surface area contributed by atoms with Crippen LogP contribution < -0.4 is 5.32 Å². The Hall–Kier alpha value is -1.59. The molecule has 0 saturated carbocycles. The molecule has 5 nitrogen and oxygen atoms in total. The first-order valence-electron chi connectivity index (χ1n) is 7.50. The van der Waals surface area contributed by atoms with Crippen LogP contribution in [0.4, 0.5) is 4.79 Å². The molecule has 1 aromatic rings. The van der Waals surface area contributed by atoms with Crippen molar-refractivity contribution >= 4 is 6.09 Å². The minimum absolute atomic E-state index is 0.322. The largest absolute Gasteiger partial charge is 0.442 e.